The van der Waals surface area contributed by atoms with Crippen LogP contribution < -0.4 is 11.1 Å². The fourth-order valence-corrected chi connectivity index (χ4v) is 3.14. The molecule has 0 radical (unpaired) electrons. The van der Waals surface area contributed by atoms with Gasteiger partial charge in [-0.2, -0.15) is 0 Å². The van der Waals surface area contributed by atoms with Crippen molar-refractivity contribution in [1.82, 2.24) is 4.90 Å². The highest BCUT2D eigenvalue weighted by Gasteiger charge is 2.29. The van der Waals surface area contributed by atoms with Gasteiger partial charge in [-0.1, -0.05) is 36.7 Å². The van der Waals surface area contributed by atoms with Gasteiger partial charge in [-0.05, 0) is 37.1 Å². The molecule has 0 saturated carbocycles. The molecule has 3 amide bonds. The lowest BCUT2D eigenvalue weighted by atomic mass is 10.1. The van der Waals surface area contributed by atoms with Crippen LogP contribution in [-0.2, 0) is 16.1 Å². The average Bonchev–Trinajstić information content (AvgIpc) is 2.88. The highest BCUT2D eigenvalue weighted by Crippen LogP contribution is 2.21. The Balaban J connectivity index is 1.76. The van der Waals surface area contributed by atoms with Crippen molar-refractivity contribution in [2.75, 3.05) is 17.6 Å². The molecule has 0 aromatic heterocycles. The van der Waals surface area contributed by atoms with Gasteiger partial charge in [0.15, 0.2) is 0 Å². The SMILES string of the molecule is NCCCCCCC(=O)Nc1ccc(CN2C(=O)CSC2=O)cc1. The van der Waals surface area contributed by atoms with Gasteiger partial charge in [-0.3, -0.25) is 19.3 Å². The summed E-state index contributed by atoms with van der Waals surface area (Å²) in [5, 5.41) is 2.65. The monoisotopic (exact) mass is 349 g/mol. The number of hydrogen-bond acceptors (Lipinski definition) is 5. The van der Waals surface area contributed by atoms with Crippen molar-refractivity contribution in [2.45, 2.75) is 38.6 Å². The predicted molar refractivity (Wildman–Crippen MR) is 95.6 cm³/mol. The number of anilines is 1. The zero-order chi connectivity index (χ0) is 17.4. The molecule has 0 aliphatic carbocycles. The molecular weight excluding hydrogens is 326 g/mol. The third-order valence-electron chi connectivity index (χ3n) is 3.78. The quantitative estimate of drug-likeness (QED) is 0.669. The van der Waals surface area contributed by atoms with Gasteiger partial charge >= 0.3 is 0 Å². The number of carbonyl (C=O) groups excluding carboxylic acids is 3. The van der Waals surface area contributed by atoms with E-state index in [0.29, 0.717) is 13.0 Å². The van der Waals surface area contributed by atoms with Crippen LogP contribution in [0.4, 0.5) is 10.5 Å². The molecule has 2 rings (SSSR count). The van der Waals surface area contributed by atoms with Gasteiger partial charge in [0.25, 0.3) is 5.24 Å². The molecule has 1 fully saturated rings. The summed E-state index contributed by atoms with van der Waals surface area (Å²) >= 11 is 1.03. The number of nitrogens with one attached hydrogen (secondary N) is 1. The number of nitrogens with two attached hydrogens (primary N) is 1. The molecule has 3 N–H and O–H groups in total. The molecular formula is C17H23N3O3S. The predicted octanol–water partition coefficient (Wildman–Crippen LogP) is 2.73. The molecule has 0 spiro atoms. The number of imide groups is 1. The first kappa shape index (κ1) is 18.5. The second-order valence-corrected chi connectivity index (χ2v) is 6.66. The molecule has 0 atom stereocenters. The van der Waals surface area contributed by atoms with Gasteiger partial charge in [0.2, 0.25) is 11.8 Å². The van der Waals surface area contributed by atoms with E-state index in [2.05, 4.69) is 5.32 Å². The molecule has 130 valence electrons. The first-order chi connectivity index (χ1) is 11.6. The summed E-state index contributed by atoms with van der Waals surface area (Å²) in [6.07, 6.45) is 4.44. The van der Waals surface area contributed by atoms with E-state index in [1.165, 1.54) is 4.90 Å². The zero-order valence-electron chi connectivity index (χ0n) is 13.6. The molecule has 1 aliphatic rings. The van der Waals surface area contributed by atoms with E-state index in [4.69, 9.17) is 5.73 Å². The van der Waals surface area contributed by atoms with Crippen molar-refractivity contribution in [3.63, 3.8) is 0 Å². The lowest BCUT2D eigenvalue weighted by Gasteiger charge is -2.13. The van der Waals surface area contributed by atoms with Crippen LogP contribution in [0.5, 0.6) is 0 Å². The maximum absolute atomic E-state index is 11.9. The second kappa shape index (κ2) is 9.44. The van der Waals surface area contributed by atoms with Crippen LogP contribution in [0.15, 0.2) is 24.3 Å². The highest BCUT2D eigenvalue weighted by atomic mass is 32.2. The van der Waals surface area contributed by atoms with E-state index in [9.17, 15) is 14.4 Å². The van der Waals surface area contributed by atoms with Crippen LogP contribution in [0.25, 0.3) is 0 Å². The summed E-state index contributed by atoms with van der Waals surface area (Å²) in [5.74, 6) is 0.0620. The summed E-state index contributed by atoms with van der Waals surface area (Å²) in [6, 6.07) is 7.22. The molecule has 1 aromatic carbocycles. The van der Waals surface area contributed by atoms with Crippen molar-refractivity contribution >= 4 is 34.5 Å². The minimum atomic E-state index is -0.202. The summed E-state index contributed by atoms with van der Waals surface area (Å²) < 4.78 is 0. The molecule has 1 saturated heterocycles. The van der Waals surface area contributed by atoms with Crippen LogP contribution in [0.2, 0.25) is 0 Å². The minimum Gasteiger partial charge on any atom is -0.330 e. The zero-order valence-corrected chi connectivity index (χ0v) is 14.4. The van der Waals surface area contributed by atoms with Gasteiger partial charge in [-0.15, -0.1) is 0 Å². The number of rotatable bonds is 9. The first-order valence-electron chi connectivity index (χ1n) is 8.16. The fourth-order valence-electron chi connectivity index (χ4n) is 2.42. The number of unbranched alkanes of at least 4 members (excludes halogenated alkanes) is 3. The van der Waals surface area contributed by atoms with Crippen molar-refractivity contribution in [3.8, 4) is 0 Å². The fraction of sp³-hybridized carbons (Fsp3) is 0.471. The summed E-state index contributed by atoms with van der Waals surface area (Å²) in [7, 11) is 0. The van der Waals surface area contributed by atoms with Gasteiger partial charge in [-0.25, -0.2) is 0 Å². The number of nitrogens with zero attached hydrogens (tertiary/aromatic N) is 1. The van der Waals surface area contributed by atoms with Crippen molar-refractivity contribution in [1.29, 1.82) is 0 Å². The average molecular weight is 349 g/mol. The molecule has 1 aliphatic heterocycles. The van der Waals surface area contributed by atoms with Gasteiger partial charge < -0.3 is 11.1 Å². The Hall–Kier alpha value is -1.86. The lowest BCUT2D eigenvalue weighted by molar-refractivity contribution is -0.125. The number of hydrogen-bond donors (Lipinski definition) is 2. The number of amides is 3. The van der Waals surface area contributed by atoms with Crippen LogP contribution in [0.3, 0.4) is 0 Å². The molecule has 7 heteroatoms. The van der Waals surface area contributed by atoms with E-state index < -0.39 is 0 Å². The lowest BCUT2D eigenvalue weighted by Crippen LogP contribution is -2.27. The van der Waals surface area contributed by atoms with Crippen LogP contribution >= 0.6 is 11.8 Å². The van der Waals surface area contributed by atoms with E-state index in [0.717, 1.165) is 48.7 Å². The number of benzene rings is 1. The van der Waals surface area contributed by atoms with E-state index in [-0.39, 0.29) is 29.4 Å². The summed E-state index contributed by atoms with van der Waals surface area (Å²) in [5.41, 5.74) is 7.01. The molecule has 1 heterocycles. The molecule has 0 bridgehead atoms. The Morgan fingerprint density at radius 2 is 1.83 bits per heavy atom. The molecule has 6 nitrogen and oxygen atoms in total. The Bertz CT molecular complexity index is 573. The second-order valence-electron chi connectivity index (χ2n) is 5.73. The summed E-state index contributed by atoms with van der Waals surface area (Å²) in [6.45, 7) is 0.978. The summed E-state index contributed by atoms with van der Waals surface area (Å²) in [4.78, 5) is 36.3. The smallest absolute Gasteiger partial charge is 0.289 e. The maximum Gasteiger partial charge on any atom is 0.289 e. The largest absolute Gasteiger partial charge is 0.330 e. The normalized spacial score (nSPS) is 14.3. The number of carbonyl (C=O) groups is 3. The molecule has 24 heavy (non-hydrogen) atoms. The van der Waals surface area contributed by atoms with Crippen LogP contribution in [0, 0.1) is 0 Å². The van der Waals surface area contributed by atoms with Crippen molar-refractivity contribution < 1.29 is 14.4 Å². The Labute approximate surface area is 146 Å². The van der Waals surface area contributed by atoms with Crippen molar-refractivity contribution in [2.24, 2.45) is 5.73 Å². The third-order valence-corrected chi connectivity index (χ3v) is 4.64. The van der Waals surface area contributed by atoms with Gasteiger partial charge in [0.1, 0.15) is 0 Å². The topological polar surface area (TPSA) is 92.5 Å². The van der Waals surface area contributed by atoms with Crippen LogP contribution in [-0.4, -0.2) is 34.3 Å². The maximum atomic E-state index is 11.9. The van der Waals surface area contributed by atoms with Gasteiger partial charge in [0.05, 0.1) is 12.3 Å². The Morgan fingerprint density at radius 3 is 2.46 bits per heavy atom. The Kier molecular flexibility index (Phi) is 7.27. The van der Waals surface area contributed by atoms with E-state index in [1.54, 1.807) is 12.1 Å². The number of thioether (sulfide) groups is 1. The minimum absolute atomic E-state index is 0.00297. The Morgan fingerprint density at radius 1 is 1.12 bits per heavy atom. The first-order valence-corrected chi connectivity index (χ1v) is 9.14. The van der Waals surface area contributed by atoms with Gasteiger partial charge in [0, 0.05) is 12.1 Å². The standard InChI is InChI=1S/C17H23N3O3S/c18-10-4-2-1-3-5-15(21)19-14-8-6-13(7-9-14)11-20-16(22)12-24-17(20)23/h6-9H,1-5,10-12,18H2,(H,19,21). The van der Waals surface area contributed by atoms with E-state index >= 15 is 0 Å². The third kappa shape index (κ3) is 5.65. The van der Waals surface area contributed by atoms with E-state index in [1.807, 2.05) is 12.1 Å². The van der Waals surface area contributed by atoms with Crippen LogP contribution in [0.1, 0.15) is 37.7 Å². The molecule has 0 unspecified atom stereocenters. The molecule has 1 aromatic rings. The highest BCUT2D eigenvalue weighted by molar-refractivity contribution is 8.14. The van der Waals surface area contributed by atoms with Crippen molar-refractivity contribution in [3.05, 3.63) is 29.8 Å².